The van der Waals surface area contributed by atoms with E-state index in [1.807, 2.05) is 30.3 Å². The maximum Gasteiger partial charge on any atom is 0.339 e. The molecule has 0 radical (unpaired) electrons. The molecule has 0 N–H and O–H groups in total. The Labute approximate surface area is 159 Å². The summed E-state index contributed by atoms with van der Waals surface area (Å²) in [6, 6.07) is 17.3. The van der Waals surface area contributed by atoms with E-state index in [1.165, 1.54) is 19.2 Å². The van der Waals surface area contributed by atoms with Crippen molar-refractivity contribution in [2.75, 3.05) is 7.11 Å². The first kappa shape index (κ1) is 17.5. The molecular formula is C21H15NO6. The zero-order valence-electron chi connectivity index (χ0n) is 14.9. The Balaban J connectivity index is 1.48. The number of furan rings is 1. The summed E-state index contributed by atoms with van der Waals surface area (Å²) in [5.74, 6) is -0.310. The van der Waals surface area contributed by atoms with E-state index in [9.17, 15) is 9.59 Å². The molecule has 2 aromatic heterocycles. The predicted octanol–water partition coefficient (Wildman–Crippen LogP) is 4.23. The molecule has 4 aromatic rings. The highest BCUT2D eigenvalue weighted by molar-refractivity contribution is 6.03. The summed E-state index contributed by atoms with van der Waals surface area (Å²) in [6.07, 6.45) is 0. The van der Waals surface area contributed by atoms with Crippen molar-refractivity contribution >= 4 is 22.9 Å². The molecule has 0 saturated heterocycles. The second-order valence-electron chi connectivity index (χ2n) is 5.94. The molecule has 0 aliphatic rings. The molecule has 7 nitrogen and oxygen atoms in total. The van der Waals surface area contributed by atoms with Gasteiger partial charge in [-0.2, -0.15) is 0 Å². The lowest BCUT2D eigenvalue weighted by molar-refractivity contribution is 0.0450. The van der Waals surface area contributed by atoms with Gasteiger partial charge in [0.05, 0.1) is 18.2 Å². The van der Waals surface area contributed by atoms with Gasteiger partial charge in [0.2, 0.25) is 5.76 Å². The molecule has 0 atom stereocenters. The van der Waals surface area contributed by atoms with Crippen molar-refractivity contribution in [1.29, 1.82) is 0 Å². The quantitative estimate of drug-likeness (QED) is 0.481. The maximum absolute atomic E-state index is 12.3. The number of ether oxygens (including phenoxy) is 2. The first-order valence-electron chi connectivity index (χ1n) is 8.44. The first-order chi connectivity index (χ1) is 13.7. The second-order valence-corrected chi connectivity index (χ2v) is 5.94. The number of nitrogens with zero attached hydrogens (tertiary/aromatic N) is 1. The van der Waals surface area contributed by atoms with Gasteiger partial charge in [-0.05, 0) is 24.3 Å². The van der Waals surface area contributed by atoms with Crippen molar-refractivity contribution in [2.24, 2.45) is 0 Å². The highest BCUT2D eigenvalue weighted by atomic mass is 16.5. The van der Waals surface area contributed by atoms with Gasteiger partial charge in [0.15, 0.2) is 5.76 Å². The molecule has 0 unspecified atom stereocenters. The van der Waals surface area contributed by atoms with Crippen LogP contribution >= 0.6 is 0 Å². The molecule has 7 heteroatoms. The van der Waals surface area contributed by atoms with Crippen molar-refractivity contribution in [3.8, 4) is 11.5 Å². The number of methoxy groups -OCH3 is 1. The summed E-state index contributed by atoms with van der Waals surface area (Å²) in [5, 5.41) is 4.84. The van der Waals surface area contributed by atoms with Gasteiger partial charge in [0.1, 0.15) is 17.9 Å². The van der Waals surface area contributed by atoms with Gasteiger partial charge in [-0.1, -0.05) is 35.5 Å². The zero-order valence-corrected chi connectivity index (χ0v) is 14.9. The van der Waals surface area contributed by atoms with Crippen molar-refractivity contribution in [3.63, 3.8) is 0 Å². The van der Waals surface area contributed by atoms with Gasteiger partial charge in [0.25, 0.3) is 0 Å². The molecule has 0 amide bonds. The lowest BCUT2D eigenvalue weighted by atomic mass is 10.1. The number of para-hydroxylation sites is 1. The third-order valence-electron chi connectivity index (χ3n) is 4.13. The normalized spacial score (nSPS) is 10.8. The monoisotopic (exact) mass is 377 g/mol. The standard InChI is InChI=1S/C21H15NO6/c1-25-20(23)15-7-3-4-8-16(15)21(24)26-12-14-11-19(28-22-14)18-10-13-6-2-5-9-17(13)27-18/h2-11H,12H2,1H3. The number of hydrogen-bond donors (Lipinski definition) is 0. The summed E-state index contributed by atoms with van der Waals surface area (Å²) < 4.78 is 21.0. The maximum atomic E-state index is 12.3. The summed E-state index contributed by atoms with van der Waals surface area (Å²) in [5.41, 5.74) is 1.41. The summed E-state index contributed by atoms with van der Waals surface area (Å²) in [4.78, 5) is 24.1. The molecular weight excluding hydrogens is 362 g/mol. The van der Waals surface area contributed by atoms with Crippen LogP contribution in [0.25, 0.3) is 22.5 Å². The fourth-order valence-electron chi connectivity index (χ4n) is 2.77. The topological polar surface area (TPSA) is 91.8 Å². The predicted molar refractivity (Wildman–Crippen MR) is 98.6 cm³/mol. The van der Waals surface area contributed by atoms with Crippen LogP contribution in [0.2, 0.25) is 0 Å². The second kappa shape index (κ2) is 7.40. The van der Waals surface area contributed by atoms with Crippen LogP contribution in [-0.2, 0) is 16.1 Å². The smallest absolute Gasteiger partial charge is 0.339 e. The Bertz CT molecular complexity index is 1120. The van der Waals surface area contributed by atoms with Crippen LogP contribution < -0.4 is 0 Å². The van der Waals surface area contributed by atoms with Gasteiger partial charge in [0, 0.05) is 11.5 Å². The van der Waals surface area contributed by atoms with E-state index < -0.39 is 11.9 Å². The number of esters is 2. The summed E-state index contributed by atoms with van der Waals surface area (Å²) >= 11 is 0. The number of carbonyl (C=O) groups excluding carboxylic acids is 2. The third kappa shape index (κ3) is 3.37. The Morgan fingerprint density at radius 3 is 2.39 bits per heavy atom. The fraction of sp³-hybridized carbons (Fsp3) is 0.0952. The van der Waals surface area contributed by atoms with Crippen molar-refractivity contribution < 1.29 is 28.0 Å². The lowest BCUT2D eigenvalue weighted by Gasteiger charge is -2.07. The van der Waals surface area contributed by atoms with Gasteiger partial charge < -0.3 is 18.4 Å². The van der Waals surface area contributed by atoms with Gasteiger partial charge in [-0.25, -0.2) is 9.59 Å². The van der Waals surface area contributed by atoms with Crippen LogP contribution in [-0.4, -0.2) is 24.2 Å². The average molecular weight is 377 g/mol. The molecule has 0 aliphatic heterocycles. The largest absolute Gasteiger partial charge is 0.465 e. The van der Waals surface area contributed by atoms with Crippen LogP contribution in [0.15, 0.2) is 69.6 Å². The molecule has 0 bridgehead atoms. The molecule has 4 rings (SSSR count). The van der Waals surface area contributed by atoms with Crippen LogP contribution in [0.5, 0.6) is 0 Å². The molecule has 0 aliphatic carbocycles. The van der Waals surface area contributed by atoms with Crippen molar-refractivity contribution in [2.45, 2.75) is 6.61 Å². The number of aromatic nitrogens is 1. The van der Waals surface area contributed by atoms with E-state index in [0.29, 0.717) is 17.2 Å². The number of carbonyl (C=O) groups is 2. The third-order valence-corrected chi connectivity index (χ3v) is 4.13. The van der Waals surface area contributed by atoms with E-state index >= 15 is 0 Å². The van der Waals surface area contributed by atoms with Crippen LogP contribution in [0.4, 0.5) is 0 Å². The van der Waals surface area contributed by atoms with Crippen molar-refractivity contribution in [1.82, 2.24) is 5.16 Å². The van der Waals surface area contributed by atoms with Crippen molar-refractivity contribution in [3.05, 3.63) is 77.5 Å². The van der Waals surface area contributed by atoms with E-state index in [-0.39, 0.29) is 17.7 Å². The minimum Gasteiger partial charge on any atom is -0.465 e. The summed E-state index contributed by atoms with van der Waals surface area (Å²) in [7, 11) is 1.25. The fourth-order valence-corrected chi connectivity index (χ4v) is 2.77. The molecule has 0 spiro atoms. The van der Waals surface area contributed by atoms with Gasteiger partial charge >= 0.3 is 11.9 Å². The number of hydrogen-bond acceptors (Lipinski definition) is 7. The van der Waals surface area contributed by atoms with E-state index in [0.717, 1.165) is 11.0 Å². The molecule has 0 saturated carbocycles. The Kier molecular flexibility index (Phi) is 4.63. The molecule has 28 heavy (non-hydrogen) atoms. The van der Waals surface area contributed by atoms with Crippen LogP contribution in [0.3, 0.4) is 0 Å². The highest BCUT2D eigenvalue weighted by Crippen LogP contribution is 2.28. The minimum atomic E-state index is -0.658. The van der Waals surface area contributed by atoms with Crippen LogP contribution in [0, 0.1) is 0 Å². The Morgan fingerprint density at radius 1 is 0.929 bits per heavy atom. The SMILES string of the molecule is COC(=O)c1ccccc1C(=O)OCc1cc(-c2cc3ccccc3o2)on1. The van der Waals surface area contributed by atoms with Crippen LogP contribution in [0.1, 0.15) is 26.4 Å². The van der Waals surface area contributed by atoms with E-state index in [1.54, 1.807) is 18.2 Å². The van der Waals surface area contributed by atoms with Gasteiger partial charge in [-0.3, -0.25) is 0 Å². The molecule has 2 aromatic carbocycles. The molecule has 140 valence electrons. The first-order valence-corrected chi connectivity index (χ1v) is 8.44. The lowest BCUT2D eigenvalue weighted by Crippen LogP contribution is -2.12. The number of benzene rings is 2. The number of rotatable bonds is 5. The van der Waals surface area contributed by atoms with E-state index in [2.05, 4.69) is 9.89 Å². The Morgan fingerprint density at radius 2 is 1.64 bits per heavy atom. The zero-order chi connectivity index (χ0) is 19.5. The summed E-state index contributed by atoms with van der Waals surface area (Å²) in [6.45, 7) is -0.113. The minimum absolute atomic E-state index is 0.113. The highest BCUT2D eigenvalue weighted by Gasteiger charge is 2.19. The van der Waals surface area contributed by atoms with E-state index in [4.69, 9.17) is 13.7 Å². The Hall–Kier alpha value is -3.87. The number of fused-ring (bicyclic) bond motifs is 1. The average Bonchev–Trinajstić information content (AvgIpc) is 3.38. The van der Waals surface area contributed by atoms with Gasteiger partial charge in [-0.15, -0.1) is 0 Å². The molecule has 2 heterocycles. The molecule has 0 fully saturated rings.